The van der Waals surface area contributed by atoms with Crippen LogP contribution in [0, 0.1) is 5.41 Å². The molecule has 1 aliphatic heterocycles. The van der Waals surface area contributed by atoms with Crippen LogP contribution in [0.1, 0.15) is 38.3 Å². The largest absolute Gasteiger partial charge is 0.371 e. The summed E-state index contributed by atoms with van der Waals surface area (Å²) in [5.41, 5.74) is 2.63. The van der Waals surface area contributed by atoms with Gasteiger partial charge in [-0.2, -0.15) is 0 Å². The van der Waals surface area contributed by atoms with Gasteiger partial charge in [0.25, 0.3) is 0 Å². The van der Waals surface area contributed by atoms with Gasteiger partial charge in [0.1, 0.15) is 0 Å². The second kappa shape index (κ2) is 5.74. The normalized spacial score (nSPS) is 18.8. The molecule has 1 atom stereocenters. The van der Waals surface area contributed by atoms with E-state index in [1.165, 1.54) is 11.1 Å². The lowest BCUT2D eigenvalue weighted by Crippen LogP contribution is -2.37. The van der Waals surface area contributed by atoms with Crippen LogP contribution >= 0.6 is 0 Å². The Labute approximate surface area is 115 Å². The molecule has 0 spiro atoms. The number of carbonyl (C=O) groups is 1. The Balaban J connectivity index is 1.81. The third kappa shape index (κ3) is 4.35. The Kier molecular flexibility index (Phi) is 4.25. The topological polar surface area (TPSA) is 38.3 Å². The smallest absolute Gasteiger partial charge is 0.220 e. The number of nitrogens with one attached hydrogen (secondary N) is 1. The monoisotopic (exact) mass is 261 g/mol. The Bertz CT molecular complexity index is 448. The molecule has 1 unspecified atom stereocenters. The summed E-state index contributed by atoms with van der Waals surface area (Å²) in [5.74, 6) is 0.106. The van der Waals surface area contributed by atoms with Crippen molar-refractivity contribution < 1.29 is 9.53 Å². The molecule has 2 rings (SSSR count). The first kappa shape index (κ1) is 14.1. The summed E-state index contributed by atoms with van der Waals surface area (Å²) in [4.78, 5) is 11.8. The maximum Gasteiger partial charge on any atom is 0.220 e. The minimum atomic E-state index is 0.0319. The third-order valence-corrected chi connectivity index (χ3v) is 3.26. The van der Waals surface area contributed by atoms with Gasteiger partial charge in [-0.15, -0.1) is 0 Å². The molecule has 1 aromatic carbocycles. The van der Waals surface area contributed by atoms with Crippen LogP contribution in [-0.2, 0) is 22.6 Å². The molecule has 1 amide bonds. The number of hydrogen-bond acceptors (Lipinski definition) is 2. The number of carbonyl (C=O) groups excluding carboxylic acids is 1. The second-order valence-corrected chi connectivity index (χ2v) is 6.45. The molecule has 1 heterocycles. The summed E-state index contributed by atoms with van der Waals surface area (Å²) in [6.45, 7) is 7.46. The first-order valence-corrected chi connectivity index (χ1v) is 6.89. The van der Waals surface area contributed by atoms with Gasteiger partial charge in [-0.3, -0.25) is 4.79 Å². The highest BCUT2D eigenvalue weighted by Gasteiger charge is 2.20. The molecule has 3 heteroatoms. The average molecular weight is 261 g/mol. The van der Waals surface area contributed by atoms with E-state index in [0.29, 0.717) is 19.6 Å². The van der Waals surface area contributed by atoms with Gasteiger partial charge >= 0.3 is 0 Å². The molecule has 19 heavy (non-hydrogen) atoms. The standard InChI is InChI=1S/C16H23NO2/c1-16(2,3)9-15(18)17-10-14-8-12-6-4-5-7-13(12)11-19-14/h4-7,14H,8-11H2,1-3H3,(H,17,18). The van der Waals surface area contributed by atoms with Crippen molar-refractivity contribution in [2.75, 3.05) is 6.54 Å². The summed E-state index contributed by atoms with van der Waals surface area (Å²) < 4.78 is 5.77. The lowest BCUT2D eigenvalue weighted by molar-refractivity contribution is -0.123. The number of fused-ring (bicyclic) bond motifs is 1. The number of benzene rings is 1. The van der Waals surface area contributed by atoms with Crippen molar-refractivity contribution in [3.8, 4) is 0 Å². The van der Waals surface area contributed by atoms with Gasteiger partial charge < -0.3 is 10.1 Å². The quantitative estimate of drug-likeness (QED) is 0.908. The van der Waals surface area contributed by atoms with Crippen LogP contribution in [0.4, 0.5) is 0 Å². The summed E-state index contributed by atoms with van der Waals surface area (Å²) in [6, 6.07) is 8.33. The molecule has 1 aliphatic rings. The first-order valence-electron chi connectivity index (χ1n) is 6.89. The number of ether oxygens (including phenoxy) is 1. The molecule has 0 saturated carbocycles. The van der Waals surface area contributed by atoms with Gasteiger partial charge in [0.2, 0.25) is 5.91 Å². The van der Waals surface area contributed by atoms with Crippen molar-refractivity contribution >= 4 is 5.91 Å². The summed E-state index contributed by atoms with van der Waals surface area (Å²) >= 11 is 0. The highest BCUT2D eigenvalue weighted by molar-refractivity contribution is 5.76. The average Bonchev–Trinajstić information content (AvgIpc) is 2.34. The van der Waals surface area contributed by atoms with Gasteiger partial charge in [0.05, 0.1) is 12.7 Å². The van der Waals surface area contributed by atoms with E-state index < -0.39 is 0 Å². The molecule has 0 fully saturated rings. The zero-order valence-electron chi connectivity index (χ0n) is 12.0. The minimum Gasteiger partial charge on any atom is -0.371 e. The van der Waals surface area contributed by atoms with Crippen molar-refractivity contribution in [1.29, 1.82) is 0 Å². The van der Waals surface area contributed by atoms with Gasteiger partial charge in [0.15, 0.2) is 0 Å². The van der Waals surface area contributed by atoms with Crippen molar-refractivity contribution in [1.82, 2.24) is 5.32 Å². The lowest BCUT2D eigenvalue weighted by atomic mass is 9.92. The molecule has 104 valence electrons. The number of rotatable bonds is 3. The fourth-order valence-electron chi connectivity index (χ4n) is 2.31. The first-order chi connectivity index (χ1) is 8.94. The van der Waals surface area contributed by atoms with Crippen molar-refractivity contribution in [3.05, 3.63) is 35.4 Å². The van der Waals surface area contributed by atoms with Crippen LogP contribution in [0.3, 0.4) is 0 Å². The van der Waals surface area contributed by atoms with E-state index in [1.54, 1.807) is 0 Å². The van der Waals surface area contributed by atoms with E-state index in [0.717, 1.165) is 6.42 Å². The number of hydrogen-bond donors (Lipinski definition) is 1. The Morgan fingerprint density at radius 3 is 2.68 bits per heavy atom. The maximum absolute atomic E-state index is 11.8. The van der Waals surface area contributed by atoms with Crippen molar-refractivity contribution in [2.24, 2.45) is 5.41 Å². The SMILES string of the molecule is CC(C)(C)CC(=O)NCC1Cc2ccccc2CO1. The molecular weight excluding hydrogens is 238 g/mol. The van der Waals surface area contributed by atoms with E-state index in [-0.39, 0.29) is 17.4 Å². The molecule has 0 saturated heterocycles. The molecule has 1 aromatic rings. The van der Waals surface area contributed by atoms with Crippen molar-refractivity contribution in [3.63, 3.8) is 0 Å². The van der Waals surface area contributed by atoms with E-state index >= 15 is 0 Å². The van der Waals surface area contributed by atoms with Crippen LogP contribution in [-0.4, -0.2) is 18.6 Å². The summed E-state index contributed by atoms with van der Waals surface area (Å²) in [5, 5.41) is 2.98. The highest BCUT2D eigenvalue weighted by Crippen LogP contribution is 2.20. The van der Waals surface area contributed by atoms with Crippen LogP contribution in [0.2, 0.25) is 0 Å². The van der Waals surface area contributed by atoms with Gasteiger partial charge in [-0.25, -0.2) is 0 Å². The second-order valence-electron chi connectivity index (χ2n) is 6.45. The Morgan fingerprint density at radius 2 is 2.00 bits per heavy atom. The van der Waals surface area contributed by atoms with Crippen LogP contribution in [0.15, 0.2) is 24.3 Å². The fraction of sp³-hybridized carbons (Fsp3) is 0.562. The molecule has 0 radical (unpaired) electrons. The van der Waals surface area contributed by atoms with E-state index in [1.807, 2.05) is 6.07 Å². The van der Waals surface area contributed by atoms with E-state index in [9.17, 15) is 4.79 Å². The summed E-state index contributed by atoms with van der Waals surface area (Å²) in [7, 11) is 0. The van der Waals surface area contributed by atoms with Crippen LogP contribution in [0.5, 0.6) is 0 Å². The molecule has 0 aliphatic carbocycles. The third-order valence-electron chi connectivity index (χ3n) is 3.26. The Hall–Kier alpha value is -1.35. The maximum atomic E-state index is 11.8. The molecule has 0 bridgehead atoms. The molecule has 1 N–H and O–H groups in total. The molecule has 3 nitrogen and oxygen atoms in total. The molecule has 0 aromatic heterocycles. The lowest BCUT2D eigenvalue weighted by Gasteiger charge is -2.26. The molecular formula is C16H23NO2. The van der Waals surface area contributed by atoms with Gasteiger partial charge in [0, 0.05) is 19.4 Å². The van der Waals surface area contributed by atoms with Crippen molar-refractivity contribution in [2.45, 2.75) is 46.3 Å². The predicted molar refractivity (Wildman–Crippen MR) is 75.8 cm³/mol. The zero-order chi connectivity index (χ0) is 13.9. The van der Waals surface area contributed by atoms with E-state index in [2.05, 4.69) is 44.3 Å². The fourth-order valence-corrected chi connectivity index (χ4v) is 2.31. The van der Waals surface area contributed by atoms with Crippen LogP contribution in [0.25, 0.3) is 0 Å². The highest BCUT2D eigenvalue weighted by atomic mass is 16.5. The predicted octanol–water partition coefficient (Wildman–Crippen LogP) is 2.68. The minimum absolute atomic E-state index is 0.0319. The van der Waals surface area contributed by atoms with Gasteiger partial charge in [-0.05, 0) is 16.5 Å². The van der Waals surface area contributed by atoms with E-state index in [4.69, 9.17) is 4.74 Å². The zero-order valence-corrected chi connectivity index (χ0v) is 12.0. The summed E-state index contributed by atoms with van der Waals surface area (Å²) in [6.07, 6.45) is 1.53. The van der Waals surface area contributed by atoms with Gasteiger partial charge in [-0.1, -0.05) is 45.0 Å². The Morgan fingerprint density at radius 1 is 1.32 bits per heavy atom. The van der Waals surface area contributed by atoms with Crippen LogP contribution < -0.4 is 5.32 Å². The number of amides is 1.